The molecule has 4 nitrogen and oxygen atoms in total. The summed E-state index contributed by atoms with van der Waals surface area (Å²) in [6, 6.07) is 15.1. The minimum Gasteiger partial charge on any atom is -0.364 e. The smallest absolute Gasteiger partial charge is 0.251 e. The van der Waals surface area contributed by atoms with Crippen LogP contribution < -0.4 is 5.73 Å². The predicted octanol–water partition coefficient (Wildman–Crippen LogP) is 3.05. The number of piperidine rings is 1. The first kappa shape index (κ1) is 16.6. The Morgan fingerprint density at radius 3 is 2.56 bits per heavy atom. The van der Waals surface area contributed by atoms with Crippen LogP contribution in [0, 0.1) is 0 Å². The molecular formula is C21H26N2O2. The van der Waals surface area contributed by atoms with E-state index in [2.05, 4.69) is 42.5 Å². The van der Waals surface area contributed by atoms with Crippen molar-refractivity contribution in [3.63, 3.8) is 0 Å². The van der Waals surface area contributed by atoms with E-state index < -0.39 is 0 Å². The van der Waals surface area contributed by atoms with Crippen molar-refractivity contribution in [2.45, 2.75) is 43.8 Å². The molecular weight excluding hydrogens is 312 g/mol. The maximum absolute atomic E-state index is 12.7. The van der Waals surface area contributed by atoms with Gasteiger partial charge in [0.25, 0.3) is 5.91 Å². The van der Waals surface area contributed by atoms with Gasteiger partial charge in [0.15, 0.2) is 0 Å². The van der Waals surface area contributed by atoms with E-state index in [9.17, 15) is 4.79 Å². The molecule has 0 aromatic heterocycles. The highest BCUT2D eigenvalue weighted by Gasteiger charge is 2.34. The van der Waals surface area contributed by atoms with Crippen molar-refractivity contribution in [3.05, 3.63) is 48.0 Å². The second kappa shape index (κ2) is 7.14. The van der Waals surface area contributed by atoms with Crippen LogP contribution in [0.15, 0.2) is 42.5 Å². The summed E-state index contributed by atoms with van der Waals surface area (Å²) in [7, 11) is 0. The van der Waals surface area contributed by atoms with Gasteiger partial charge in [-0.3, -0.25) is 4.79 Å². The lowest BCUT2D eigenvalue weighted by atomic mass is 9.86. The van der Waals surface area contributed by atoms with Crippen LogP contribution in [-0.2, 0) is 9.53 Å². The maximum atomic E-state index is 12.7. The van der Waals surface area contributed by atoms with E-state index >= 15 is 0 Å². The van der Waals surface area contributed by atoms with Crippen molar-refractivity contribution in [3.8, 4) is 0 Å². The molecule has 0 saturated carbocycles. The molecule has 2 saturated heterocycles. The second-order valence-electron chi connectivity index (χ2n) is 7.23. The first-order valence-corrected chi connectivity index (χ1v) is 9.38. The van der Waals surface area contributed by atoms with Crippen molar-refractivity contribution in [1.82, 2.24) is 4.90 Å². The number of nitrogens with zero attached hydrogens (tertiary/aromatic N) is 1. The van der Waals surface area contributed by atoms with Gasteiger partial charge < -0.3 is 15.4 Å². The minimum absolute atomic E-state index is 0.0576. The van der Waals surface area contributed by atoms with Crippen LogP contribution in [0.5, 0.6) is 0 Å². The van der Waals surface area contributed by atoms with Crippen molar-refractivity contribution in [2.75, 3.05) is 19.6 Å². The summed E-state index contributed by atoms with van der Waals surface area (Å²) >= 11 is 0. The molecule has 2 atom stereocenters. The molecule has 0 spiro atoms. The van der Waals surface area contributed by atoms with Gasteiger partial charge in [-0.1, -0.05) is 42.5 Å². The number of carbonyl (C=O) groups excluding carboxylic acids is 1. The highest BCUT2D eigenvalue weighted by Crippen LogP contribution is 2.33. The minimum atomic E-state index is -0.275. The van der Waals surface area contributed by atoms with Crippen LogP contribution >= 0.6 is 0 Å². The third-order valence-electron chi connectivity index (χ3n) is 5.72. The Labute approximate surface area is 148 Å². The number of hydrogen-bond acceptors (Lipinski definition) is 3. The fourth-order valence-electron chi connectivity index (χ4n) is 4.28. The number of ether oxygens (including phenoxy) is 1. The molecule has 2 aromatic carbocycles. The molecule has 2 aliphatic heterocycles. The van der Waals surface area contributed by atoms with Gasteiger partial charge in [-0.2, -0.15) is 0 Å². The van der Waals surface area contributed by atoms with Gasteiger partial charge in [0.2, 0.25) is 0 Å². The number of likely N-dealkylation sites (tertiary alicyclic amines) is 1. The molecule has 2 heterocycles. The second-order valence-corrected chi connectivity index (χ2v) is 7.23. The third-order valence-corrected chi connectivity index (χ3v) is 5.72. The summed E-state index contributed by atoms with van der Waals surface area (Å²) < 4.78 is 5.78. The van der Waals surface area contributed by atoms with Crippen LogP contribution in [0.25, 0.3) is 10.8 Å². The number of hydrogen-bond donors (Lipinski definition) is 1. The molecule has 0 bridgehead atoms. The number of rotatable bonds is 3. The fraction of sp³-hybridized carbons (Fsp3) is 0.476. The highest BCUT2D eigenvalue weighted by molar-refractivity contribution is 5.86. The lowest BCUT2D eigenvalue weighted by Crippen LogP contribution is -2.43. The van der Waals surface area contributed by atoms with E-state index in [-0.39, 0.29) is 18.1 Å². The normalized spacial score (nSPS) is 24.8. The maximum Gasteiger partial charge on any atom is 0.251 e. The molecule has 2 N–H and O–H groups in total. The SMILES string of the molecule is NC[C@H]1CC[C@@H](C(=O)N2CCC(c3cccc4ccccc34)CC2)O1. The van der Waals surface area contributed by atoms with E-state index in [4.69, 9.17) is 10.5 Å². The lowest BCUT2D eigenvalue weighted by molar-refractivity contribution is -0.143. The zero-order chi connectivity index (χ0) is 17.2. The third kappa shape index (κ3) is 3.29. The van der Waals surface area contributed by atoms with E-state index in [1.165, 1.54) is 16.3 Å². The highest BCUT2D eigenvalue weighted by atomic mass is 16.5. The van der Waals surface area contributed by atoms with Crippen LogP contribution in [-0.4, -0.2) is 42.6 Å². The summed E-state index contributed by atoms with van der Waals surface area (Å²) in [4.78, 5) is 14.7. The largest absolute Gasteiger partial charge is 0.364 e. The summed E-state index contributed by atoms with van der Waals surface area (Å²) in [5.41, 5.74) is 7.07. The molecule has 4 heteroatoms. The Morgan fingerprint density at radius 1 is 1.04 bits per heavy atom. The van der Waals surface area contributed by atoms with Gasteiger partial charge in [0.05, 0.1) is 6.10 Å². The summed E-state index contributed by atoms with van der Waals surface area (Å²) in [6.07, 6.45) is 3.54. The van der Waals surface area contributed by atoms with Crippen molar-refractivity contribution >= 4 is 16.7 Å². The number of nitrogens with two attached hydrogens (primary N) is 1. The number of fused-ring (bicyclic) bond motifs is 1. The van der Waals surface area contributed by atoms with Gasteiger partial charge in [-0.15, -0.1) is 0 Å². The molecule has 2 aromatic rings. The topological polar surface area (TPSA) is 55.6 Å². The Balaban J connectivity index is 1.42. The Bertz CT molecular complexity index is 747. The number of benzene rings is 2. The monoisotopic (exact) mass is 338 g/mol. The summed E-state index contributed by atoms with van der Waals surface area (Å²) in [5.74, 6) is 0.684. The average Bonchev–Trinajstić information content (AvgIpc) is 3.16. The molecule has 2 aliphatic rings. The van der Waals surface area contributed by atoms with Gasteiger partial charge in [0.1, 0.15) is 6.10 Å². The van der Waals surface area contributed by atoms with Crippen LogP contribution in [0.1, 0.15) is 37.2 Å². The quantitative estimate of drug-likeness (QED) is 0.936. The molecule has 4 rings (SSSR count). The Hall–Kier alpha value is -1.91. The molecule has 2 fully saturated rings. The standard InChI is InChI=1S/C21H26N2O2/c22-14-17-8-9-20(25-17)21(24)23-12-10-16(11-13-23)19-7-3-5-15-4-1-2-6-18(15)19/h1-7,16-17,20H,8-14,22H2/t17-,20+/m1/s1. The molecule has 0 aliphatic carbocycles. The molecule has 132 valence electrons. The molecule has 1 amide bonds. The van der Waals surface area contributed by atoms with E-state index in [0.29, 0.717) is 12.5 Å². The van der Waals surface area contributed by atoms with Gasteiger partial charge in [0, 0.05) is 19.6 Å². The van der Waals surface area contributed by atoms with Gasteiger partial charge in [-0.25, -0.2) is 0 Å². The van der Waals surface area contributed by atoms with Crippen molar-refractivity contribution in [1.29, 1.82) is 0 Å². The van der Waals surface area contributed by atoms with Crippen molar-refractivity contribution < 1.29 is 9.53 Å². The van der Waals surface area contributed by atoms with Crippen LogP contribution in [0.3, 0.4) is 0 Å². The zero-order valence-corrected chi connectivity index (χ0v) is 14.6. The number of amides is 1. The average molecular weight is 338 g/mol. The van der Waals surface area contributed by atoms with E-state index in [0.717, 1.165) is 38.8 Å². The van der Waals surface area contributed by atoms with Crippen LogP contribution in [0.4, 0.5) is 0 Å². The Morgan fingerprint density at radius 2 is 1.80 bits per heavy atom. The molecule has 0 radical (unpaired) electrons. The molecule has 25 heavy (non-hydrogen) atoms. The summed E-state index contributed by atoms with van der Waals surface area (Å²) in [6.45, 7) is 2.15. The fourth-order valence-corrected chi connectivity index (χ4v) is 4.28. The molecule has 0 unspecified atom stereocenters. The van der Waals surface area contributed by atoms with Gasteiger partial charge >= 0.3 is 0 Å². The predicted molar refractivity (Wildman–Crippen MR) is 99.5 cm³/mol. The first-order chi connectivity index (χ1) is 12.3. The van der Waals surface area contributed by atoms with Crippen LogP contribution in [0.2, 0.25) is 0 Å². The first-order valence-electron chi connectivity index (χ1n) is 9.38. The lowest BCUT2D eigenvalue weighted by Gasteiger charge is -2.34. The van der Waals surface area contributed by atoms with E-state index in [1.807, 2.05) is 4.90 Å². The Kier molecular flexibility index (Phi) is 4.73. The van der Waals surface area contributed by atoms with Crippen molar-refractivity contribution in [2.24, 2.45) is 5.73 Å². The number of carbonyl (C=O) groups is 1. The zero-order valence-electron chi connectivity index (χ0n) is 14.6. The van der Waals surface area contributed by atoms with E-state index in [1.54, 1.807) is 0 Å². The summed E-state index contributed by atoms with van der Waals surface area (Å²) in [5, 5.41) is 2.64. The van der Waals surface area contributed by atoms with Gasteiger partial charge in [-0.05, 0) is 47.9 Å².